The summed E-state index contributed by atoms with van der Waals surface area (Å²) in [6.45, 7) is 3.48. The first-order chi connectivity index (χ1) is 5.83. The quantitative estimate of drug-likeness (QED) is 0.612. The van der Waals surface area contributed by atoms with Crippen LogP contribution in [-0.4, -0.2) is 22.2 Å². The summed E-state index contributed by atoms with van der Waals surface area (Å²) in [6, 6.07) is 1.88. The second kappa shape index (κ2) is 2.62. The van der Waals surface area contributed by atoms with Crippen LogP contribution in [0.4, 0.5) is 5.82 Å². The molecule has 0 aliphatic carbocycles. The van der Waals surface area contributed by atoms with Gasteiger partial charge in [-0.05, 0) is 0 Å². The summed E-state index contributed by atoms with van der Waals surface area (Å²) in [6.07, 6.45) is 2.29. The highest BCUT2D eigenvalue weighted by atomic mass is 16.2. The highest BCUT2D eigenvalue weighted by molar-refractivity contribution is 5.92. The van der Waals surface area contributed by atoms with Gasteiger partial charge < -0.3 is 0 Å². The van der Waals surface area contributed by atoms with Crippen molar-refractivity contribution in [3.8, 4) is 0 Å². The smallest absolute Gasteiger partial charge is 0.227 e. The number of anilines is 1. The Bertz CT molecular complexity index is 305. The molecule has 0 aromatic carbocycles. The first kappa shape index (κ1) is 7.34. The van der Waals surface area contributed by atoms with E-state index in [0.29, 0.717) is 6.42 Å². The molecule has 0 saturated heterocycles. The third kappa shape index (κ3) is 0.913. The number of aromatic nitrogens is 2. The molecule has 1 aromatic rings. The predicted octanol–water partition coefficient (Wildman–Crippen LogP) is 0.640. The lowest BCUT2D eigenvalue weighted by Gasteiger charge is -2.12. The number of hydrogen-bond donors (Lipinski definition) is 0. The van der Waals surface area contributed by atoms with Gasteiger partial charge in [0.05, 0.1) is 12.7 Å². The van der Waals surface area contributed by atoms with E-state index in [0.717, 1.165) is 18.9 Å². The molecule has 1 aliphatic heterocycles. The molecule has 12 heavy (non-hydrogen) atoms. The van der Waals surface area contributed by atoms with Gasteiger partial charge in [0.1, 0.15) is 5.82 Å². The monoisotopic (exact) mass is 165 g/mol. The minimum atomic E-state index is 0.175. The van der Waals surface area contributed by atoms with Crippen molar-refractivity contribution in [2.24, 2.45) is 0 Å². The van der Waals surface area contributed by atoms with E-state index in [1.54, 1.807) is 11.1 Å². The van der Waals surface area contributed by atoms with Crippen LogP contribution >= 0.6 is 0 Å². The molecule has 0 unspecified atom stereocenters. The Balaban J connectivity index is 2.28. The fourth-order valence-electron chi connectivity index (χ4n) is 1.48. The van der Waals surface area contributed by atoms with E-state index >= 15 is 0 Å². The topological polar surface area (TPSA) is 38.1 Å². The van der Waals surface area contributed by atoms with Crippen molar-refractivity contribution < 1.29 is 4.79 Å². The van der Waals surface area contributed by atoms with Gasteiger partial charge in [-0.2, -0.15) is 5.10 Å². The van der Waals surface area contributed by atoms with E-state index in [-0.39, 0.29) is 5.91 Å². The number of rotatable bonds is 1. The maximum atomic E-state index is 11.4. The Kier molecular flexibility index (Phi) is 1.60. The van der Waals surface area contributed by atoms with E-state index in [2.05, 4.69) is 5.10 Å². The number of fused-ring (bicyclic) bond motifs is 1. The van der Waals surface area contributed by atoms with Gasteiger partial charge >= 0.3 is 0 Å². The van der Waals surface area contributed by atoms with Crippen molar-refractivity contribution in [2.75, 3.05) is 11.4 Å². The first-order valence-electron chi connectivity index (χ1n) is 4.15. The number of amides is 1. The number of carbonyl (C=O) groups excluding carboxylic acids is 1. The second-order valence-electron chi connectivity index (χ2n) is 2.81. The summed E-state index contributed by atoms with van der Waals surface area (Å²) in [4.78, 5) is 13.1. The molecular formula is C8H11N3O. The Hall–Kier alpha value is -1.32. The van der Waals surface area contributed by atoms with Crippen LogP contribution in [0.5, 0.6) is 0 Å². The molecular weight excluding hydrogens is 154 g/mol. The highest BCUT2D eigenvalue weighted by Gasteiger charge is 2.23. The van der Waals surface area contributed by atoms with Crippen LogP contribution in [0.15, 0.2) is 12.3 Å². The summed E-state index contributed by atoms with van der Waals surface area (Å²) in [5, 5.41) is 4.09. The van der Waals surface area contributed by atoms with Gasteiger partial charge in [0.25, 0.3) is 0 Å². The van der Waals surface area contributed by atoms with Gasteiger partial charge in [0, 0.05) is 19.0 Å². The zero-order valence-corrected chi connectivity index (χ0v) is 7.03. The van der Waals surface area contributed by atoms with Crippen LogP contribution in [0, 0.1) is 0 Å². The molecule has 64 valence electrons. The molecule has 0 atom stereocenters. The lowest BCUT2D eigenvalue weighted by Crippen LogP contribution is -2.27. The Morgan fingerprint density at radius 2 is 2.50 bits per heavy atom. The molecule has 2 heterocycles. The minimum absolute atomic E-state index is 0.175. The molecule has 4 heteroatoms. The Labute approximate surface area is 70.8 Å². The Morgan fingerprint density at radius 3 is 3.25 bits per heavy atom. The maximum absolute atomic E-state index is 11.4. The van der Waals surface area contributed by atoms with Crippen LogP contribution in [0.25, 0.3) is 0 Å². The zero-order valence-electron chi connectivity index (χ0n) is 7.03. The highest BCUT2D eigenvalue weighted by Crippen LogP contribution is 2.20. The van der Waals surface area contributed by atoms with E-state index in [1.807, 2.05) is 17.7 Å². The lowest BCUT2D eigenvalue weighted by molar-refractivity contribution is -0.118. The van der Waals surface area contributed by atoms with Gasteiger partial charge in [-0.25, -0.2) is 4.68 Å². The average molecular weight is 165 g/mol. The zero-order chi connectivity index (χ0) is 8.55. The molecule has 2 rings (SSSR count). The third-order valence-corrected chi connectivity index (χ3v) is 2.11. The normalized spacial score (nSPS) is 14.9. The molecule has 0 bridgehead atoms. The van der Waals surface area contributed by atoms with E-state index in [9.17, 15) is 4.79 Å². The number of nitrogens with zero attached hydrogens (tertiary/aromatic N) is 3. The standard InChI is InChI=1S/C8H11N3O/c1-2-8(12)10-5-6-11-7(10)3-4-9-11/h3-4H,2,5-6H2,1H3. The van der Waals surface area contributed by atoms with Crippen molar-refractivity contribution in [2.45, 2.75) is 19.9 Å². The van der Waals surface area contributed by atoms with Crippen LogP contribution in [-0.2, 0) is 11.3 Å². The predicted molar refractivity (Wildman–Crippen MR) is 44.9 cm³/mol. The lowest BCUT2D eigenvalue weighted by atomic mass is 10.4. The van der Waals surface area contributed by atoms with Gasteiger partial charge in [-0.3, -0.25) is 9.69 Å². The van der Waals surface area contributed by atoms with Crippen molar-refractivity contribution in [3.63, 3.8) is 0 Å². The molecule has 0 N–H and O–H groups in total. The van der Waals surface area contributed by atoms with Gasteiger partial charge in [0.15, 0.2) is 0 Å². The van der Waals surface area contributed by atoms with Crippen molar-refractivity contribution >= 4 is 11.7 Å². The van der Waals surface area contributed by atoms with Crippen LogP contribution in [0.3, 0.4) is 0 Å². The molecule has 0 radical (unpaired) electrons. The van der Waals surface area contributed by atoms with E-state index in [1.165, 1.54) is 0 Å². The molecule has 0 saturated carbocycles. The molecule has 1 aromatic heterocycles. The fourth-order valence-corrected chi connectivity index (χ4v) is 1.48. The fraction of sp³-hybridized carbons (Fsp3) is 0.500. The summed E-state index contributed by atoms with van der Waals surface area (Å²) < 4.78 is 1.85. The summed E-state index contributed by atoms with van der Waals surface area (Å²) in [5.41, 5.74) is 0. The van der Waals surface area contributed by atoms with Gasteiger partial charge in [0.2, 0.25) is 5.91 Å². The SMILES string of the molecule is CCC(=O)N1CCn2nccc21. The summed E-state index contributed by atoms with van der Waals surface area (Å²) >= 11 is 0. The summed E-state index contributed by atoms with van der Waals surface area (Å²) in [5.74, 6) is 1.11. The molecule has 1 amide bonds. The Morgan fingerprint density at radius 1 is 1.67 bits per heavy atom. The second-order valence-corrected chi connectivity index (χ2v) is 2.81. The summed E-state index contributed by atoms with van der Waals surface area (Å²) in [7, 11) is 0. The van der Waals surface area contributed by atoms with Crippen LogP contribution in [0.1, 0.15) is 13.3 Å². The molecule has 0 fully saturated rings. The van der Waals surface area contributed by atoms with Gasteiger partial charge in [-0.1, -0.05) is 6.92 Å². The van der Waals surface area contributed by atoms with E-state index in [4.69, 9.17) is 0 Å². The molecule has 4 nitrogen and oxygen atoms in total. The average Bonchev–Trinajstić information content (AvgIpc) is 2.62. The van der Waals surface area contributed by atoms with Crippen LogP contribution in [0.2, 0.25) is 0 Å². The van der Waals surface area contributed by atoms with Crippen LogP contribution < -0.4 is 4.90 Å². The molecule has 1 aliphatic rings. The van der Waals surface area contributed by atoms with Crippen molar-refractivity contribution in [1.29, 1.82) is 0 Å². The number of hydrogen-bond acceptors (Lipinski definition) is 2. The molecule has 0 spiro atoms. The number of carbonyl (C=O) groups is 1. The first-order valence-corrected chi connectivity index (χ1v) is 4.15. The minimum Gasteiger partial charge on any atom is -0.295 e. The largest absolute Gasteiger partial charge is 0.295 e. The van der Waals surface area contributed by atoms with Gasteiger partial charge in [-0.15, -0.1) is 0 Å². The van der Waals surface area contributed by atoms with Crippen molar-refractivity contribution in [3.05, 3.63) is 12.3 Å². The van der Waals surface area contributed by atoms with Crippen molar-refractivity contribution in [1.82, 2.24) is 9.78 Å². The van der Waals surface area contributed by atoms with E-state index < -0.39 is 0 Å². The maximum Gasteiger partial charge on any atom is 0.227 e. The third-order valence-electron chi connectivity index (χ3n) is 2.11.